The summed E-state index contributed by atoms with van der Waals surface area (Å²) in [6, 6.07) is 10.2. The van der Waals surface area contributed by atoms with Crippen LogP contribution < -0.4 is 0 Å². The molecule has 2 rings (SSSR count). The zero-order chi connectivity index (χ0) is 15.1. The molecule has 1 aromatic carbocycles. The molecule has 0 aliphatic heterocycles. The first-order chi connectivity index (χ1) is 10.2. The van der Waals surface area contributed by atoms with Gasteiger partial charge >= 0.3 is 5.97 Å². The molecule has 21 heavy (non-hydrogen) atoms. The second-order valence-corrected chi connectivity index (χ2v) is 4.80. The van der Waals surface area contributed by atoms with E-state index in [4.69, 9.17) is 0 Å². The number of aromatic nitrogens is 1. The summed E-state index contributed by atoms with van der Waals surface area (Å²) in [6.45, 7) is 0. The molecule has 0 saturated heterocycles. The van der Waals surface area contributed by atoms with Crippen molar-refractivity contribution < 1.29 is 13.9 Å². The summed E-state index contributed by atoms with van der Waals surface area (Å²) in [5.41, 5.74) is 2.88. The first-order valence-corrected chi connectivity index (χ1v) is 6.97. The highest BCUT2D eigenvalue weighted by atomic mass is 19.1. The molecule has 1 heterocycles. The molecular formula is C17H18FNO2. The smallest absolute Gasteiger partial charge is 0.305 e. The highest BCUT2D eigenvalue weighted by molar-refractivity contribution is 5.69. The second kappa shape index (κ2) is 7.53. The average molecular weight is 287 g/mol. The molecule has 0 amide bonds. The Kier molecular flexibility index (Phi) is 5.43. The number of methoxy groups -OCH3 is 1. The van der Waals surface area contributed by atoms with Crippen LogP contribution in [-0.4, -0.2) is 18.1 Å². The lowest BCUT2D eigenvalue weighted by Crippen LogP contribution is -2.00. The van der Waals surface area contributed by atoms with Gasteiger partial charge in [0.1, 0.15) is 5.82 Å². The molecule has 0 radical (unpaired) electrons. The monoisotopic (exact) mass is 287 g/mol. The Balaban J connectivity index is 2.03. The van der Waals surface area contributed by atoms with E-state index < -0.39 is 0 Å². The summed E-state index contributed by atoms with van der Waals surface area (Å²) in [6.07, 6.45) is 4.66. The van der Waals surface area contributed by atoms with Gasteiger partial charge in [-0.1, -0.05) is 6.07 Å². The Morgan fingerprint density at radius 1 is 1.19 bits per heavy atom. The number of carbonyl (C=O) groups excluding carboxylic acids is 1. The zero-order valence-corrected chi connectivity index (χ0v) is 12.0. The third-order valence-electron chi connectivity index (χ3n) is 3.31. The van der Waals surface area contributed by atoms with Crippen molar-refractivity contribution in [2.45, 2.75) is 25.7 Å². The van der Waals surface area contributed by atoms with Gasteiger partial charge in [0, 0.05) is 18.2 Å². The standard InChI is InChI=1S/C17H18FNO2/c1-21-16(20)7-3-2-5-13-6-4-12-19-17(13)14-8-10-15(18)11-9-14/h4,6,8-12H,2-3,5,7H2,1H3. The highest BCUT2D eigenvalue weighted by Gasteiger charge is 2.07. The fourth-order valence-corrected chi connectivity index (χ4v) is 2.19. The van der Waals surface area contributed by atoms with Gasteiger partial charge in [0.05, 0.1) is 12.8 Å². The highest BCUT2D eigenvalue weighted by Crippen LogP contribution is 2.23. The van der Waals surface area contributed by atoms with Crippen LogP contribution in [0.3, 0.4) is 0 Å². The van der Waals surface area contributed by atoms with Gasteiger partial charge in [-0.25, -0.2) is 4.39 Å². The molecule has 0 bridgehead atoms. The van der Waals surface area contributed by atoms with Crippen LogP contribution in [0.2, 0.25) is 0 Å². The maximum Gasteiger partial charge on any atom is 0.305 e. The maximum atomic E-state index is 13.0. The third kappa shape index (κ3) is 4.38. The minimum absolute atomic E-state index is 0.181. The number of esters is 1. The Labute approximate surface area is 123 Å². The van der Waals surface area contributed by atoms with E-state index in [9.17, 15) is 9.18 Å². The molecule has 3 nitrogen and oxygen atoms in total. The van der Waals surface area contributed by atoms with Crippen LogP contribution in [0.15, 0.2) is 42.6 Å². The summed E-state index contributed by atoms with van der Waals surface area (Å²) in [5, 5.41) is 0. The van der Waals surface area contributed by atoms with Crippen LogP contribution in [-0.2, 0) is 16.0 Å². The number of ether oxygens (including phenoxy) is 1. The lowest BCUT2D eigenvalue weighted by atomic mass is 10.0. The summed E-state index contributed by atoms with van der Waals surface area (Å²) >= 11 is 0. The van der Waals surface area contributed by atoms with Crippen molar-refractivity contribution in [3.05, 3.63) is 54.0 Å². The number of hydrogen-bond donors (Lipinski definition) is 0. The molecule has 2 aromatic rings. The van der Waals surface area contributed by atoms with E-state index in [0.29, 0.717) is 6.42 Å². The minimum atomic E-state index is -0.255. The van der Waals surface area contributed by atoms with Gasteiger partial charge in [-0.05, 0) is 55.2 Å². The largest absolute Gasteiger partial charge is 0.469 e. The number of pyridine rings is 1. The van der Waals surface area contributed by atoms with Crippen molar-refractivity contribution in [2.75, 3.05) is 7.11 Å². The number of nitrogens with zero attached hydrogens (tertiary/aromatic N) is 1. The van der Waals surface area contributed by atoms with E-state index in [1.807, 2.05) is 12.1 Å². The van der Waals surface area contributed by atoms with Crippen LogP contribution in [0.25, 0.3) is 11.3 Å². The molecule has 1 aromatic heterocycles. The van der Waals surface area contributed by atoms with Gasteiger partial charge < -0.3 is 4.74 Å². The van der Waals surface area contributed by atoms with E-state index >= 15 is 0 Å². The number of carbonyl (C=O) groups is 1. The molecule has 0 fully saturated rings. The van der Waals surface area contributed by atoms with Crippen molar-refractivity contribution in [3.8, 4) is 11.3 Å². The predicted molar refractivity (Wildman–Crippen MR) is 79.2 cm³/mol. The van der Waals surface area contributed by atoms with Crippen LogP contribution >= 0.6 is 0 Å². The maximum absolute atomic E-state index is 13.0. The summed E-state index contributed by atoms with van der Waals surface area (Å²) in [4.78, 5) is 15.5. The molecule has 0 aliphatic rings. The first kappa shape index (κ1) is 15.2. The van der Waals surface area contributed by atoms with E-state index in [1.165, 1.54) is 19.2 Å². The first-order valence-electron chi connectivity index (χ1n) is 6.97. The molecule has 0 atom stereocenters. The van der Waals surface area contributed by atoms with Gasteiger partial charge in [-0.2, -0.15) is 0 Å². The molecule has 4 heteroatoms. The van der Waals surface area contributed by atoms with Crippen LogP contribution in [0.5, 0.6) is 0 Å². The molecular weight excluding hydrogens is 269 g/mol. The number of halogens is 1. The van der Waals surface area contributed by atoms with E-state index in [-0.39, 0.29) is 11.8 Å². The fourth-order valence-electron chi connectivity index (χ4n) is 2.19. The molecule has 0 saturated carbocycles. The average Bonchev–Trinajstić information content (AvgIpc) is 2.52. The quantitative estimate of drug-likeness (QED) is 0.599. The molecule has 0 unspecified atom stereocenters. The number of rotatable bonds is 6. The number of hydrogen-bond acceptors (Lipinski definition) is 3. The van der Waals surface area contributed by atoms with Crippen LogP contribution in [0.1, 0.15) is 24.8 Å². The van der Waals surface area contributed by atoms with Crippen LogP contribution in [0, 0.1) is 5.82 Å². The van der Waals surface area contributed by atoms with Crippen molar-refractivity contribution >= 4 is 5.97 Å². The Morgan fingerprint density at radius 2 is 1.95 bits per heavy atom. The Morgan fingerprint density at radius 3 is 2.67 bits per heavy atom. The van der Waals surface area contributed by atoms with Gasteiger partial charge in [0.2, 0.25) is 0 Å². The lowest BCUT2D eigenvalue weighted by Gasteiger charge is -2.08. The van der Waals surface area contributed by atoms with Crippen molar-refractivity contribution in [3.63, 3.8) is 0 Å². The van der Waals surface area contributed by atoms with Crippen molar-refractivity contribution in [1.82, 2.24) is 4.98 Å². The second-order valence-electron chi connectivity index (χ2n) is 4.80. The van der Waals surface area contributed by atoms with E-state index in [0.717, 1.165) is 36.1 Å². The van der Waals surface area contributed by atoms with Crippen LogP contribution in [0.4, 0.5) is 4.39 Å². The number of aryl methyl sites for hydroxylation is 1. The van der Waals surface area contributed by atoms with Gasteiger partial charge in [-0.15, -0.1) is 0 Å². The van der Waals surface area contributed by atoms with Gasteiger partial charge in [0.15, 0.2) is 0 Å². The van der Waals surface area contributed by atoms with E-state index in [1.54, 1.807) is 18.3 Å². The Bertz CT molecular complexity index is 596. The molecule has 0 N–H and O–H groups in total. The SMILES string of the molecule is COC(=O)CCCCc1cccnc1-c1ccc(F)cc1. The summed E-state index contributed by atoms with van der Waals surface area (Å²) in [5.74, 6) is -0.436. The van der Waals surface area contributed by atoms with Gasteiger partial charge in [-0.3, -0.25) is 9.78 Å². The third-order valence-corrected chi connectivity index (χ3v) is 3.31. The minimum Gasteiger partial charge on any atom is -0.469 e. The van der Waals surface area contributed by atoms with Crippen molar-refractivity contribution in [1.29, 1.82) is 0 Å². The van der Waals surface area contributed by atoms with Gasteiger partial charge in [0.25, 0.3) is 0 Å². The lowest BCUT2D eigenvalue weighted by molar-refractivity contribution is -0.140. The Hall–Kier alpha value is -2.23. The van der Waals surface area contributed by atoms with E-state index in [2.05, 4.69) is 9.72 Å². The predicted octanol–water partition coefficient (Wildman–Crippen LogP) is 3.77. The summed E-state index contributed by atoms with van der Waals surface area (Å²) < 4.78 is 17.6. The molecule has 110 valence electrons. The molecule has 0 aliphatic carbocycles. The fraction of sp³-hybridized carbons (Fsp3) is 0.294. The zero-order valence-electron chi connectivity index (χ0n) is 12.0. The molecule has 0 spiro atoms. The topological polar surface area (TPSA) is 39.2 Å². The number of benzene rings is 1. The summed E-state index contributed by atoms with van der Waals surface area (Å²) in [7, 11) is 1.40. The van der Waals surface area contributed by atoms with Crippen molar-refractivity contribution in [2.24, 2.45) is 0 Å². The number of unbranched alkanes of at least 4 members (excludes halogenated alkanes) is 1. The normalized spacial score (nSPS) is 10.4.